The maximum absolute atomic E-state index is 13.9. The Kier molecular flexibility index (Phi) is 54.0. The van der Waals surface area contributed by atoms with Gasteiger partial charge in [0.15, 0.2) is 18.9 Å². The fourth-order valence-corrected chi connectivity index (χ4v) is 11.4. The van der Waals surface area contributed by atoms with Crippen LogP contribution in [0.4, 0.5) is 17.1 Å². The summed E-state index contributed by atoms with van der Waals surface area (Å²) in [5.41, 5.74) is -2.50. The molecule has 121 heavy (non-hydrogen) atoms. The predicted molar refractivity (Wildman–Crippen MR) is 409 cm³/mol. The van der Waals surface area contributed by atoms with Crippen molar-refractivity contribution in [1.29, 1.82) is 0 Å². The van der Waals surface area contributed by atoms with Gasteiger partial charge in [-0.2, -0.15) is 0 Å². The number of aliphatic hydroxyl groups is 9. The molecule has 50 nitrogen and oxygen atoms in total. The van der Waals surface area contributed by atoms with Crippen molar-refractivity contribution >= 4 is 64.3 Å². The van der Waals surface area contributed by atoms with Gasteiger partial charge >= 0.3 is 0 Å². The van der Waals surface area contributed by atoms with Gasteiger partial charge in [-0.15, -0.1) is 0 Å². The summed E-state index contributed by atoms with van der Waals surface area (Å²) in [6, 6.07) is -0.207. The first kappa shape index (κ1) is 106. The first-order valence-electron chi connectivity index (χ1n) is 39.1. The van der Waals surface area contributed by atoms with Gasteiger partial charge in [-0.05, 0) is 6.07 Å². The lowest BCUT2D eigenvalue weighted by Crippen LogP contribution is -2.64. The van der Waals surface area contributed by atoms with Crippen LogP contribution >= 0.6 is 0 Å². The van der Waals surface area contributed by atoms with Crippen LogP contribution < -0.4 is 47.9 Å². The molecule has 8 amide bonds. The molecule has 0 aromatic heterocycles. The van der Waals surface area contributed by atoms with Gasteiger partial charge in [-0.1, -0.05) is 0 Å². The van der Waals surface area contributed by atoms with Crippen LogP contribution in [0.2, 0.25) is 0 Å². The molecule has 3 saturated heterocycles. The highest BCUT2D eigenvalue weighted by Crippen LogP contribution is 2.30. The molecule has 0 radical (unpaired) electrons. The molecule has 1 aromatic carbocycles. The van der Waals surface area contributed by atoms with E-state index >= 15 is 0 Å². The number of aliphatic hydroxyl groups excluding tert-OH is 9. The van der Waals surface area contributed by atoms with Gasteiger partial charge in [-0.3, -0.25) is 58.6 Å². The van der Waals surface area contributed by atoms with E-state index in [9.17, 15) is 105 Å². The van der Waals surface area contributed by atoms with Crippen LogP contribution in [0.25, 0.3) is 0 Å². The van der Waals surface area contributed by atoms with Crippen molar-refractivity contribution in [1.82, 2.24) is 42.5 Å². The minimum atomic E-state index is -1.64. The highest BCUT2D eigenvalue weighted by Gasteiger charge is 2.48. The van der Waals surface area contributed by atoms with E-state index in [4.69, 9.17) is 85.3 Å². The van der Waals surface area contributed by atoms with E-state index in [1.807, 2.05) is 0 Å². The Bertz CT molecular complexity index is 2950. The molecule has 15 atom stereocenters. The summed E-state index contributed by atoms with van der Waals surface area (Å²) in [5.74, 6) is -4.45. The number of carbonyl (C=O) groups excluding carboxylic acids is 8. The number of nitro benzene ring substituents is 2. The number of hydrogen-bond acceptors (Lipinski definition) is 40. The Morgan fingerprint density at radius 2 is 0.711 bits per heavy atom. The highest BCUT2D eigenvalue weighted by atomic mass is 16.7. The van der Waals surface area contributed by atoms with Crippen molar-refractivity contribution in [3.05, 3.63) is 38.4 Å². The number of nitrogens with zero attached hydrogens (tertiary/aromatic N) is 2. The largest absolute Gasteiger partial charge is 0.394 e. The minimum absolute atomic E-state index is 0.0227. The zero-order valence-electron chi connectivity index (χ0n) is 67.9. The molecule has 4 rings (SSSR count). The van der Waals surface area contributed by atoms with Gasteiger partial charge in [0.1, 0.15) is 90.9 Å². The molecule has 1 aromatic rings. The average Bonchev–Trinajstić information content (AvgIpc) is 0.815. The third-order valence-electron chi connectivity index (χ3n) is 17.4. The van der Waals surface area contributed by atoms with Crippen molar-refractivity contribution in [2.24, 2.45) is 0 Å². The SMILES string of the molecule is CC(=O)N[C@H]1[C@H](OCCOCCOCCNC(=O)CCOCC(COCCC(=O)NCCOCCOCCOC2O[C@H](CO)[C@H](O)[C@H](O)[C@H]2NC(C)=O)(COCCC(=O)NCCOCCOCCO[C@@H]2O[C@H](CO)[C@H](O)[C@H](O)[C@H]2NC(C)=O)NC(=O)CNC(=O)COCCOCCOCCNc2ccc([N+](=O)[O-])cc2[N+](=O)[O-])O[C@H](CO)[C@H](O)[C@@H]1O. The quantitative estimate of drug-likeness (QED) is 0.0164. The summed E-state index contributed by atoms with van der Waals surface area (Å²) in [6.45, 7) is -0.0724. The van der Waals surface area contributed by atoms with E-state index in [0.29, 0.717) is 0 Å². The Morgan fingerprint density at radius 1 is 0.388 bits per heavy atom. The van der Waals surface area contributed by atoms with E-state index in [1.54, 1.807) is 0 Å². The zero-order chi connectivity index (χ0) is 88.7. The topological polar surface area (TPSA) is 679 Å². The van der Waals surface area contributed by atoms with Gasteiger partial charge in [0.05, 0.1) is 214 Å². The fourth-order valence-electron chi connectivity index (χ4n) is 11.4. The number of non-ortho nitro benzene ring substituents is 1. The summed E-state index contributed by atoms with van der Waals surface area (Å²) in [5, 5.41) is 137. The van der Waals surface area contributed by atoms with Crippen molar-refractivity contribution in [3.63, 3.8) is 0 Å². The number of rotatable bonds is 68. The van der Waals surface area contributed by atoms with Crippen LogP contribution in [0.5, 0.6) is 0 Å². The number of benzene rings is 1. The molecular formula is C71H121N11O39. The molecule has 0 saturated carbocycles. The maximum Gasteiger partial charge on any atom is 0.299 e. The standard InChI is InChI=1S/C71H121N11O39/c1-45(86)77-59-65(97)62(94)51(38-83)119-68(59)116-33-30-109-25-21-105-17-10-73-54(89)6-13-113-42-71(43-114-14-7-55(90)74-11-18-106-22-26-110-31-34-117-69-60(78-46(2)87)66(98)63(95)52(39-84)120-69,44-115-15-8-56(91)75-12-19-107-23-27-111-32-35-118-70-61(79-47(3)88)67(99)64(96)53(40-85)121-70)80-57(92)37-76-58(93)41-112-29-28-108-24-20-104-16-9-72-49-5-4-48(81(100)101)36-50(49)82(102)103/h4-5,36,51-53,59-70,72,83-85,94-99H,6-35,37-44H2,1-3H3,(H,73,89)(H,74,90)(H,75,91)(H,76,93)(H,77,86)(H,78,87)(H,79,88)(H,80,92)/t51-,52-,53-,59-,60-,61-,62+,63+,64+,65-,66-,67-,68-,69-,70?/m1/s1. The summed E-state index contributed by atoms with van der Waals surface area (Å²) in [6.07, 6.45) is -16.7. The van der Waals surface area contributed by atoms with Crippen LogP contribution in [-0.2, 0) is 124 Å². The number of nitrogens with one attached hydrogen (secondary N) is 9. The van der Waals surface area contributed by atoms with E-state index in [0.717, 1.165) is 12.1 Å². The molecule has 18 N–H and O–H groups in total. The lowest BCUT2D eigenvalue weighted by molar-refractivity contribution is -0.393. The molecule has 1 unspecified atom stereocenters. The van der Waals surface area contributed by atoms with Gasteiger partial charge in [0.2, 0.25) is 47.3 Å². The maximum atomic E-state index is 13.9. The molecule has 0 aliphatic carbocycles. The minimum Gasteiger partial charge on any atom is -0.394 e. The summed E-state index contributed by atoms with van der Waals surface area (Å²) in [7, 11) is 0. The van der Waals surface area contributed by atoms with Crippen molar-refractivity contribution in [2.75, 3.05) is 236 Å². The molecule has 0 bridgehead atoms. The number of nitro groups is 2. The second kappa shape index (κ2) is 61.7. The number of hydrogen-bond donors (Lipinski definition) is 18. The molecule has 50 heteroatoms. The first-order valence-corrected chi connectivity index (χ1v) is 39.1. The predicted octanol–water partition coefficient (Wildman–Crippen LogP) is -9.51. The normalized spacial score (nSPS) is 22.9. The van der Waals surface area contributed by atoms with Gasteiger partial charge in [-0.25, -0.2) is 0 Å². The van der Waals surface area contributed by atoms with Crippen LogP contribution in [0.3, 0.4) is 0 Å². The van der Waals surface area contributed by atoms with E-state index in [1.165, 1.54) is 26.8 Å². The molecular weight excluding hydrogens is 1630 g/mol. The van der Waals surface area contributed by atoms with E-state index in [-0.39, 0.29) is 203 Å². The first-order chi connectivity index (χ1) is 58.1. The fraction of sp³-hybridized carbons (Fsp3) is 0.803. The number of ether oxygens (including phenoxy) is 18. The summed E-state index contributed by atoms with van der Waals surface area (Å²) >= 11 is 0. The second-order valence-corrected chi connectivity index (χ2v) is 27.1. The lowest BCUT2D eigenvalue weighted by atomic mass is 9.97. The molecule has 3 heterocycles. The Balaban J connectivity index is 1.30. The summed E-state index contributed by atoms with van der Waals surface area (Å²) < 4.78 is 101. The van der Waals surface area contributed by atoms with Crippen molar-refractivity contribution in [2.45, 2.75) is 138 Å². The smallest absolute Gasteiger partial charge is 0.299 e. The number of carbonyl (C=O) groups is 8. The molecule has 3 aliphatic rings. The number of amides is 8. The third kappa shape index (κ3) is 43.1. The van der Waals surface area contributed by atoms with Crippen molar-refractivity contribution < 1.29 is 179 Å². The van der Waals surface area contributed by atoms with Crippen LogP contribution in [0.1, 0.15) is 40.0 Å². The Labute approximate surface area is 696 Å². The van der Waals surface area contributed by atoms with Gasteiger partial charge < -0.3 is 179 Å². The van der Waals surface area contributed by atoms with Gasteiger partial charge in [0, 0.05) is 72.3 Å². The highest BCUT2D eigenvalue weighted by molar-refractivity contribution is 5.85. The van der Waals surface area contributed by atoms with Crippen LogP contribution in [0.15, 0.2) is 18.2 Å². The zero-order valence-corrected chi connectivity index (χ0v) is 67.9. The Hall–Kier alpha value is -7.50. The van der Waals surface area contributed by atoms with Crippen molar-refractivity contribution in [3.8, 4) is 0 Å². The van der Waals surface area contributed by atoms with E-state index in [2.05, 4.69) is 47.9 Å². The second-order valence-electron chi connectivity index (χ2n) is 27.1. The van der Waals surface area contributed by atoms with Gasteiger partial charge in [0.25, 0.3) is 11.4 Å². The van der Waals surface area contributed by atoms with Crippen LogP contribution in [0, 0.1) is 20.2 Å². The van der Waals surface area contributed by atoms with E-state index < -0.39 is 219 Å². The molecule has 0 spiro atoms. The molecule has 3 aliphatic heterocycles. The average molecular weight is 1750 g/mol. The molecule has 3 fully saturated rings. The van der Waals surface area contributed by atoms with Crippen LogP contribution in [-0.4, -0.2) is 431 Å². The summed E-state index contributed by atoms with van der Waals surface area (Å²) in [4.78, 5) is 122. The third-order valence-corrected chi connectivity index (χ3v) is 17.4. The monoisotopic (exact) mass is 1750 g/mol. The lowest BCUT2D eigenvalue weighted by Gasteiger charge is -2.42. The molecule has 694 valence electrons. The number of anilines is 1. The Morgan fingerprint density at radius 3 is 1.03 bits per heavy atom.